The Balaban J connectivity index is 1.78. The van der Waals surface area contributed by atoms with Gasteiger partial charge in [-0.1, -0.05) is 12.8 Å². The van der Waals surface area contributed by atoms with E-state index in [9.17, 15) is 0 Å². The monoisotopic (exact) mass is 273 g/mol. The molecule has 0 saturated heterocycles. The highest BCUT2D eigenvalue weighted by Gasteiger charge is 2.20. The van der Waals surface area contributed by atoms with Crippen molar-refractivity contribution >= 4 is 5.69 Å². The van der Waals surface area contributed by atoms with E-state index in [0.717, 1.165) is 30.3 Å². The molecule has 0 atom stereocenters. The molecule has 0 bridgehead atoms. The van der Waals surface area contributed by atoms with Crippen LogP contribution in [-0.4, -0.2) is 27.3 Å². The molecule has 1 heterocycles. The van der Waals surface area contributed by atoms with Crippen LogP contribution in [0.2, 0.25) is 0 Å². The number of tetrazole rings is 1. The largest absolute Gasteiger partial charge is 0.497 e. The third-order valence-electron chi connectivity index (χ3n) is 3.63. The second-order valence-corrected chi connectivity index (χ2v) is 5.31. The SMILES string of the molecule is COc1cc(N)cc(-c2nnnn2CCCC2CC2)c1. The summed E-state index contributed by atoms with van der Waals surface area (Å²) in [5.41, 5.74) is 7.41. The standard InChI is InChI=1S/C14H19N5O/c1-20-13-8-11(7-12(15)9-13)14-16-17-18-19(14)6-2-3-10-4-5-10/h7-10H,2-6,15H2,1H3. The molecule has 1 aliphatic carbocycles. The van der Waals surface area contributed by atoms with Crippen molar-refractivity contribution in [3.8, 4) is 17.1 Å². The van der Waals surface area contributed by atoms with Gasteiger partial charge in [0.2, 0.25) is 0 Å². The molecule has 2 aromatic rings. The number of rotatable bonds is 6. The Morgan fingerprint density at radius 2 is 2.20 bits per heavy atom. The minimum atomic E-state index is 0.645. The Bertz CT molecular complexity index is 591. The summed E-state index contributed by atoms with van der Waals surface area (Å²) in [6.45, 7) is 0.843. The predicted molar refractivity (Wildman–Crippen MR) is 76.2 cm³/mol. The zero-order chi connectivity index (χ0) is 13.9. The highest BCUT2D eigenvalue weighted by molar-refractivity contribution is 5.64. The molecule has 1 saturated carbocycles. The zero-order valence-corrected chi connectivity index (χ0v) is 11.6. The number of hydrogen-bond acceptors (Lipinski definition) is 5. The molecule has 0 amide bonds. The molecule has 20 heavy (non-hydrogen) atoms. The zero-order valence-electron chi connectivity index (χ0n) is 11.6. The van der Waals surface area contributed by atoms with Crippen molar-refractivity contribution in [2.45, 2.75) is 32.2 Å². The van der Waals surface area contributed by atoms with Crippen LogP contribution in [0.25, 0.3) is 11.4 Å². The predicted octanol–water partition coefficient (Wildman–Crippen LogP) is 2.12. The van der Waals surface area contributed by atoms with E-state index in [-0.39, 0.29) is 0 Å². The first-order chi connectivity index (χ1) is 9.76. The summed E-state index contributed by atoms with van der Waals surface area (Å²) in [6, 6.07) is 5.55. The van der Waals surface area contributed by atoms with E-state index in [0.29, 0.717) is 11.4 Å². The van der Waals surface area contributed by atoms with E-state index in [1.54, 1.807) is 13.2 Å². The van der Waals surface area contributed by atoms with Crippen molar-refractivity contribution in [3.05, 3.63) is 18.2 Å². The highest BCUT2D eigenvalue weighted by atomic mass is 16.5. The normalized spacial score (nSPS) is 14.4. The van der Waals surface area contributed by atoms with E-state index < -0.39 is 0 Å². The number of nitrogen functional groups attached to an aromatic ring is 1. The van der Waals surface area contributed by atoms with Crippen LogP contribution in [-0.2, 0) is 6.54 Å². The fourth-order valence-electron chi connectivity index (χ4n) is 2.37. The number of anilines is 1. The number of ether oxygens (including phenoxy) is 1. The number of aromatic nitrogens is 4. The molecule has 2 N–H and O–H groups in total. The van der Waals surface area contributed by atoms with Gasteiger partial charge in [0, 0.05) is 23.9 Å². The van der Waals surface area contributed by atoms with Crippen molar-refractivity contribution < 1.29 is 4.74 Å². The summed E-state index contributed by atoms with van der Waals surface area (Å²) in [6.07, 6.45) is 5.14. The lowest BCUT2D eigenvalue weighted by molar-refractivity contribution is 0.415. The second kappa shape index (κ2) is 5.48. The molecule has 1 fully saturated rings. The van der Waals surface area contributed by atoms with Gasteiger partial charge in [-0.3, -0.25) is 0 Å². The summed E-state index contributed by atoms with van der Waals surface area (Å²) in [5, 5.41) is 12.0. The first kappa shape index (κ1) is 12.9. The third kappa shape index (κ3) is 2.89. The number of nitrogens with two attached hydrogens (primary N) is 1. The van der Waals surface area contributed by atoms with E-state index in [1.165, 1.54) is 19.3 Å². The molecule has 6 heteroatoms. The van der Waals surface area contributed by atoms with Crippen molar-refractivity contribution in [3.63, 3.8) is 0 Å². The number of nitrogens with zero attached hydrogens (tertiary/aromatic N) is 4. The fourth-order valence-corrected chi connectivity index (χ4v) is 2.37. The molecule has 3 rings (SSSR count). The van der Waals surface area contributed by atoms with Crippen LogP contribution in [0.5, 0.6) is 5.75 Å². The molecule has 6 nitrogen and oxygen atoms in total. The lowest BCUT2D eigenvalue weighted by atomic mass is 10.1. The van der Waals surface area contributed by atoms with Crippen molar-refractivity contribution in [2.24, 2.45) is 5.92 Å². The summed E-state index contributed by atoms with van der Waals surface area (Å²) in [4.78, 5) is 0. The van der Waals surface area contributed by atoms with Crippen LogP contribution in [0.1, 0.15) is 25.7 Å². The van der Waals surface area contributed by atoms with Crippen molar-refractivity contribution in [1.29, 1.82) is 0 Å². The molecule has 1 aromatic heterocycles. The average molecular weight is 273 g/mol. The van der Waals surface area contributed by atoms with Crippen molar-refractivity contribution in [1.82, 2.24) is 20.2 Å². The highest BCUT2D eigenvalue weighted by Crippen LogP contribution is 2.33. The summed E-state index contributed by atoms with van der Waals surface area (Å²) in [5.74, 6) is 2.39. The maximum Gasteiger partial charge on any atom is 0.182 e. The Morgan fingerprint density at radius 3 is 2.95 bits per heavy atom. The Kier molecular flexibility index (Phi) is 3.54. The van der Waals surface area contributed by atoms with Gasteiger partial charge < -0.3 is 10.5 Å². The van der Waals surface area contributed by atoms with Gasteiger partial charge in [0.05, 0.1) is 7.11 Å². The Morgan fingerprint density at radius 1 is 1.35 bits per heavy atom. The van der Waals surface area contributed by atoms with Crippen LogP contribution in [0, 0.1) is 5.92 Å². The molecular weight excluding hydrogens is 254 g/mol. The van der Waals surface area contributed by atoms with Crippen LogP contribution in [0.15, 0.2) is 18.2 Å². The summed E-state index contributed by atoms with van der Waals surface area (Å²) in [7, 11) is 1.62. The number of benzene rings is 1. The summed E-state index contributed by atoms with van der Waals surface area (Å²) >= 11 is 0. The van der Waals surface area contributed by atoms with Gasteiger partial charge in [-0.25, -0.2) is 4.68 Å². The van der Waals surface area contributed by atoms with Gasteiger partial charge >= 0.3 is 0 Å². The van der Waals surface area contributed by atoms with Gasteiger partial charge in [-0.2, -0.15) is 0 Å². The molecule has 0 radical (unpaired) electrons. The minimum absolute atomic E-state index is 0.645. The lowest BCUT2D eigenvalue weighted by Crippen LogP contribution is -2.04. The third-order valence-corrected chi connectivity index (χ3v) is 3.63. The van der Waals surface area contributed by atoms with E-state index in [4.69, 9.17) is 10.5 Å². The first-order valence-corrected chi connectivity index (χ1v) is 6.97. The maximum absolute atomic E-state index is 5.88. The number of methoxy groups -OCH3 is 1. The lowest BCUT2D eigenvalue weighted by Gasteiger charge is -2.07. The van der Waals surface area contributed by atoms with Gasteiger partial charge in [0.25, 0.3) is 0 Å². The molecule has 1 aromatic carbocycles. The van der Waals surface area contributed by atoms with Crippen LogP contribution in [0.3, 0.4) is 0 Å². The average Bonchev–Trinajstić information content (AvgIpc) is 3.14. The quantitative estimate of drug-likeness (QED) is 0.815. The first-order valence-electron chi connectivity index (χ1n) is 6.97. The van der Waals surface area contributed by atoms with Crippen LogP contribution < -0.4 is 10.5 Å². The van der Waals surface area contributed by atoms with Gasteiger partial charge in [-0.15, -0.1) is 5.10 Å². The number of aryl methyl sites for hydroxylation is 1. The molecule has 0 aliphatic heterocycles. The van der Waals surface area contributed by atoms with E-state index in [2.05, 4.69) is 15.5 Å². The molecular formula is C14H19N5O. The maximum atomic E-state index is 5.88. The Hall–Kier alpha value is -2.11. The Labute approximate surface area is 117 Å². The molecule has 106 valence electrons. The second-order valence-electron chi connectivity index (χ2n) is 5.31. The molecule has 0 spiro atoms. The van der Waals surface area contributed by atoms with Crippen LogP contribution >= 0.6 is 0 Å². The smallest absolute Gasteiger partial charge is 0.182 e. The number of hydrogen-bond donors (Lipinski definition) is 1. The molecule has 1 aliphatic rings. The van der Waals surface area contributed by atoms with Gasteiger partial charge in [0.1, 0.15) is 5.75 Å². The minimum Gasteiger partial charge on any atom is -0.497 e. The summed E-state index contributed by atoms with van der Waals surface area (Å²) < 4.78 is 7.08. The van der Waals surface area contributed by atoms with Crippen LogP contribution in [0.4, 0.5) is 5.69 Å². The van der Waals surface area contributed by atoms with E-state index >= 15 is 0 Å². The topological polar surface area (TPSA) is 78.8 Å². The molecule has 0 unspecified atom stereocenters. The van der Waals surface area contributed by atoms with Gasteiger partial charge in [-0.05, 0) is 41.3 Å². The van der Waals surface area contributed by atoms with Crippen molar-refractivity contribution in [2.75, 3.05) is 12.8 Å². The fraction of sp³-hybridized carbons (Fsp3) is 0.500. The van der Waals surface area contributed by atoms with Gasteiger partial charge in [0.15, 0.2) is 5.82 Å². The van der Waals surface area contributed by atoms with E-state index in [1.807, 2.05) is 16.8 Å².